The van der Waals surface area contributed by atoms with Crippen molar-refractivity contribution in [3.8, 4) is 6.07 Å². The zero-order valence-corrected chi connectivity index (χ0v) is 6.43. The lowest BCUT2D eigenvalue weighted by Crippen LogP contribution is -1.97. The van der Waals surface area contributed by atoms with Crippen LogP contribution < -0.4 is 0 Å². The molecule has 0 amide bonds. The second-order valence-electron chi connectivity index (χ2n) is 4.07. The van der Waals surface area contributed by atoms with E-state index in [0.717, 1.165) is 11.8 Å². The van der Waals surface area contributed by atoms with Crippen LogP contribution >= 0.6 is 0 Å². The van der Waals surface area contributed by atoms with E-state index in [1.165, 1.54) is 25.7 Å². The number of hydrogen-bond donors (Lipinski definition) is 0. The van der Waals surface area contributed by atoms with Gasteiger partial charge in [-0.3, -0.25) is 0 Å². The molecule has 2 aliphatic carbocycles. The first kappa shape index (κ1) is 6.22. The van der Waals surface area contributed by atoms with Crippen LogP contribution in [0.2, 0.25) is 0 Å². The topological polar surface area (TPSA) is 23.8 Å². The van der Waals surface area contributed by atoms with Crippen molar-refractivity contribution in [3.63, 3.8) is 0 Å². The van der Waals surface area contributed by atoms with Crippen molar-refractivity contribution in [2.75, 3.05) is 0 Å². The Balaban J connectivity index is 1.86. The summed E-state index contributed by atoms with van der Waals surface area (Å²) >= 11 is 0. The van der Waals surface area contributed by atoms with Crippen LogP contribution in [0.1, 0.15) is 32.6 Å². The van der Waals surface area contributed by atoms with Gasteiger partial charge in [0.2, 0.25) is 0 Å². The van der Waals surface area contributed by atoms with Gasteiger partial charge in [-0.2, -0.15) is 5.26 Å². The first-order valence-corrected chi connectivity index (χ1v) is 4.17. The van der Waals surface area contributed by atoms with Crippen molar-refractivity contribution >= 4 is 0 Å². The summed E-state index contributed by atoms with van der Waals surface area (Å²) < 4.78 is 0. The van der Waals surface area contributed by atoms with E-state index < -0.39 is 0 Å². The lowest BCUT2D eigenvalue weighted by Gasteiger charge is -2.01. The molecule has 2 fully saturated rings. The third-order valence-electron chi connectivity index (χ3n) is 3.02. The van der Waals surface area contributed by atoms with Gasteiger partial charge in [-0.25, -0.2) is 0 Å². The SMILES string of the molecule is CC1CC1CC1(C#N)CC1. The molecule has 0 saturated heterocycles. The molecule has 0 spiro atoms. The molecule has 1 heteroatoms. The van der Waals surface area contributed by atoms with Crippen molar-refractivity contribution in [2.45, 2.75) is 32.6 Å². The zero-order chi connectivity index (χ0) is 7.19. The smallest absolute Gasteiger partial charge is 0.0689 e. The lowest BCUT2D eigenvalue weighted by atomic mass is 10.0. The van der Waals surface area contributed by atoms with Gasteiger partial charge in [-0.05, 0) is 37.5 Å². The summed E-state index contributed by atoms with van der Waals surface area (Å²) in [5, 5.41) is 8.77. The molecule has 2 saturated carbocycles. The molecule has 0 aliphatic heterocycles. The Morgan fingerprint density at radius 2 is 2.20 bits per heavy atom. The van der Waals surface area contributed by atoms with E-state index in [1.54, 1.807) is 0 Å². The van der Waals surface area contributed by atoms with Gasteiger partial charge in [-0.15, -0.1) is 0 Å². The minimum absolute atomic E-state index is 0.162. The predicted octanol–water partition coefficient (Wildman–Crippen LogP) is 2.34. The molecule has 0 N–H and O–H groups in total. The second-order valence-corrected chi connectivity index (χ2v) is 4.07. The quantitative estimate of drug-likeness (QED) is 0.570. The maximum atomic E-state index is 8.77. The van der Waals surface area contributed by atoms with E-state index in [9.17, 15) is 0 Å². The first-order chi connectivity index (χ1) is 4.76. The van der Waals surface area contributed by atoms with Gasteiger partial charge in [-0.1, -0.05) is 6.92 Å². The zero-order valence-electron chi connectivity index (χ0n) is 6.43. The number of nitriles is 1. The Morgan fingerprint density at radius 3 is 2.50 bits per heavy atom. The Kier molecular flexibility index (Phi) is 1.09. The average molecular weight is 135 g/mol. The molecule has 0 bridgehead atoms. The third kappa shape index (κ3) is 0.923. The fourth-order valence-electron chi connectivity index (χ4n) is 1.70. The van der Waals surface area contributed by atoms with Gasteiger partial charge in [0, 0.05) is 0 Å². The molecule has 2 atom stereocenters. The Labute approximate surface area is 62.0 Å². The summed E-state index contributed by atoms with van der Waals surface area (Å²) in [7, 11) is 0. The van der Waals surface area contributed by atoms with Crippen molar-refractivity contribution < 1.29 is 0 Å². The van der Waals surface area contributed by atoms with Crippen LogP contribution in [-0.2, 0) is 0 Å². The molecule has 0 aromatic rings. The molecular weight excluding hydrogens is 122 g/mol. The highest BCUT2D eigenvalue weighted by Gasteiger charge is 2.48. The van der Waals surface area contributed by atoms with Gasteiger partial charge < -0.3 is 0 Å². The summed E-state index contributed by atoms with van der Waals surface area (Å²) in [6.45, 7) is 2.29. The van der Waals surface area contributed by atoms with E-state index in [0.29, 0.717) is 0 Å². The van der Waals surface area contributed by atoms with Crippen LogP contribution in [0.4, 0.5) is 0 Å². The van der Waals surface area contributed by atoms with Crippen molar-refractivity contribution in [3.05, 3.63) is 0 Å². The molecule has 2 aliphatic rings. The maximum Gasteiger partial charge on any atom is 0.0689 e. The number of rotatable bonds is 2. The summed E-state index contributed by atoms with van der Waals surface area (Å²) in [6, 6.07) is 2.44. The van der Waals surface area contributed by atoms with Crippen LogP contribution in [0.5, 0.6) is 0 Å². The number of nitrogens with zero attached hydrogens (tertiary/aromatic N) is 1. The van der Waals surface area contributed by atoms with Crippen molar-refractivity contribution in [2.24, 2.45) is 17.3 Å². The highest BCUT2D eigenvalue weighted by atomic mass is 14.5. The van der Waals surface area contributed by atoms with E-state index in [1.807, 2.05) is 0 Å². The van der Waals surface area contributed by atoms with Crippen LogP contribution in [-0.4, -0.2) is 0 Å². The van der Waals surface area contributed by atoms with Gasteiger partial charge in [0.25, 0.3) is 0 Å². The molecule has 0 aromatic carbocycles. The standard InChI is InChI=1S/C9H13N/c1-7-4-8(7)5-9(6-10)2-3-9/h7-8H,2-5H2,1H3. The second kappa shape index (κ2) is 1.75. The molecule has 0 radical (unpaired) electrons. The van der Waals surface area contributed by atoms with Gasteiger partial charge in [0.1, 0.15) is 0 Å². The van der Waals surface area contributed by atoms with E-state index in [4.69, 9.17) is 5.26 Å². The lowest BCUT2D eigenvalue weighted by molar-refractivity contribution is 0.525. The van der Waals surface area contributed by atoms with Crippen molar-refractivity contribution in [1.82, 2.24) is 0 Å². The molecule has 0 heterocycles. The van der Waals surface area contributed by atoms with Gasteiger partial charge >= 0.3 is 0 Å². The third-order valence-corrected chi connectivity index (χ3v) is 3.02. The van der Waals surface area contributed by atoms with Gasteiger partial charge in [0.05, 0.1) is 11.5 Å². The predicted molar refractivity (Wildman–Crippen MR) is 39.2 cm³/mol. The maximum absolute atomic E-state index is 8.77. The van der Waals surface area contributed by atoms with Crippen LogP contribution in [0, 0.1) is 28.6 Å². The molecule has 0 aromatic heterocycles. The molecule has 54 valence electrons. The van der Waals surface area contributed by atoms with E-state index >= 15 is 0 Å². The Hall–Kier alpha value is -0.510. The van der Waals surface area contributed by atoms with Crippen molar-refractivity contribution in [1.29, 1.82) is 5.26 Å². The molecule has 1 nitrogen and oxygen atoms in total. The fourth-order valence-corrected chi connectivity index (χ4v) is 1.70. The molecule has 10 heavy (non-hydrogen) atoms. The average Bonchev–Trinajstić information content (AvgIpc) is 2.78. The molecular formula is C9H13N. The molecule has 2 unspecified atom stereocenters. The summed E-state index contributed by atoms with van der Waals surface area (Å²) in [6.07, 6.45) is 4.92. The highest BCUT2D eigenvalue weighted by Crippen LogP contribution is 2.56. The summed E-state index contributed by atoms with van der Waals surface area (Å²) in [4.78, 5) is 0. The van der Waals surface area contributed by atoms with Crippen LogP contribution in [0.25, 0.3) is 0 Å². The van der Waals surface area contributed by atoms with Gasteiger partial charge in [0.15, 0.2) is 0 Å². The minimum atomic E-state index is 0.162. The summed E-state index contributed by atoms with van der Waals surface area (Å²) in [5.74, 6) is 1.83. The summed E-state index contributed by atoms with van der Waals surface area (Å²) in [5.41, 5.74) is 0.162. The Bertz CT molecular complexity index is 185. The first-order valence-electron chi connectivity index (χ1n) is 4.17. The molecule has 2 rings (SSSR count). The van der Waals surface area contributed by atoms with Crippen LogP contribution in [0.3, 0.4) is 0 Å². The Morgan fingerprint density at radius 1 is 1.60 bits per heavy atom. The monoisotopic (exact) mass is 135 g/mol. The largest absolute Gasteiger partial charge is 0.198 e. The van der Waals surface area contributed by atoms with E-state index in [-0.39, 0.29) is 5.41 Å². The number of hydrogen-bond acceptors (Lipinski definition) is 1. The fraction of sp³-hybridized carbons (Fsp3) is 0.889. The highest BCUT2D eigenvalue weighted by molar-refractivity contribution is 5.12. The van der Waals surface area contributed by atoms with Crippen LogP contribution in [0.15, 0.2) is 0 Å². The normalized spacial score (nSPS) is 40.4. The van der Waals surface area contributed by atoms with E-state index in [2.05, 4.69) is 13.0 Å². The minimum Gasteiger partial charge on any atom is -0.198 e.